The van der Waals surface area contributed by atoms with Gasteiger partial charge in [0.05, 0.1) is 0 Å². The number of allylic oxidation sites excluding steroid dienone is 2. The van der Waals surface area contributed by atoms with E-state index in [4.69, 9.17) is 0 Å². The molecule has 0 bridgehead atoms. The van der Waals surface area contributed by atoms with Crippen LogP contribution in [0.5, 0.6) is 0 Å². The summed E-state index contributed by atoms with van der Waals surface area (Å²) in [6.07, 6.45) is 4.53. The third-order valence-electron chi connectivity index (χ3n) is 3.13. The number of ketones is 1. The second-order valence-electron chi connectivity index (χ2n) is 4.21. The van der Waals surface area contributed by atoms with Gasteiger partial charge in [-0.3, -0.25) is 4.79 Å². The number of carbonyl (C=O) groups is 2. The van der Waals surface area contributed by atoms with Crippen LogP contribution in [0.4, 0.5) is 0 Å². The first-order valence-electron chi connectivity index (χ1n) is 5.65. The summed E-state index contributed by atoms with van der Waals surface area (Å²) < 4.78 is 0. The molecule has 2 atom stereocenters. The van der Waals surface area contributed by atoms with Crippen molar-refractivity contribution in [1.29, 1.82) is 0 Å². The van der Waals surface area contributed by atoms with Gasteiger partial charge in [0.15, 0.2) is 5.78 Å². The zero-order valence-electron chi connectivity index (χ0n) is 9.34. The topological polar surface area (TPSA) is 57.2 Å². The standard InChI is InChI=1S/C14H14O3/c15-13(10-6-2-1-3-7-10)11-8-4-5-9-12(11)14(16)17/h1-7,11-12H,8-9H2,(H,16,17)/p-1/t11-,12-/m1/s1. The summed E-state index contributed by atoms with van der Waals surface area (Å²) in [4.78, 5) is 23.2. The molecule has 0 aliphatic heterocycles. The van der Waals surface area contributed by atoms with Crippen LogP contribution in [0, 0.1) is 11.8 Å². The Morgan fingerprint density at radius 2 is 1.59 bits per heavy atom. The molecule has 0 saturated carbocycles. The molecule has 1 aromatic carbocycles. The van der Waals surface area contributed by atoms with Crippen LogP contribution in [0.15, 0.2) is 42.5 Å². The van der Waals surface area contributed by atoms with E-state index in [-0.39, 0.29) is 5.78 Å². The van der Waals surface area contributed by atoms with Crippen LogP contribution >= 0.6 is 0 Å². The van der Waals surface area contributed by atoms with Crippen molar-refractivity contribution in [1.82, 2.24) is 0 Å². The first kappa shape index (κ1) is 11.6. The average molecular weight is 229 g/mol. The molecular weight excluding hydrogens is 216 g/mol. The number of hydrogen-bond donors (Lipinski definition) is 0. The fourth-order valence-corrected chi connectivity index (χ4v) is 2.18. The Morgan fingerprint density at radius 3 is 2.18 bits per heavy atom. The lowest BCUT2D eigenvalue weighted by Crippen LogP contribution is -2.39. The summed E-state index contributed by atoms with van der Waals surface area (Å²) in [5.41, 5.74) is 0.569. The smallest absolute Gasteiger partial charge is 0.166 e. The highest BCUT2D eigenvalue weighted by atomic mass is 16.4. The van der Waals surface area contributed by atoms with Crippen molar-refractivity contribution in [2.24, 2.45) is 11.8 Å². The van der Waals surface area contributed by atoms with Crippen molar-refractivity contribution in [3.8, 4) is 0 Å². The minimum Gasteiger partial charge on any atom is -0.550 e. The molecule has 1 aliphatic carbocycles. The van der Waals surface area contributed by atoms with E-state index in [0.717, 1.165) is 0 Å². The van der Waals surface area contributed by atoms with Gasteiger partial charge in [-0.15, -0.1) is 0 Å². The van der Waals surface area contributed by atoms with Gasteiger partial charge >= 0.3 is 0 Å². The molecule has 0 radical (unpaired) electrons. The summed E-state index contributed by atoms with van der Waals surface area (Å²) in [7, 11) is 0. The average Bonchev–Trinajstić information content (AvgIpc) is 2.39. The van der Waals surface area contributed by atoms with Crippen molar-refractivity contribution >= 4 is 11.8 Å². The van der Waals surface area contributed by atoms with Gasteiger partial charge in [0, 0.05) is 23.4 Å². The van der Waals surface area contributed by atoms with Crippen molar-refractivity contribution in [3.63, 3.8) is 0 Å². The van der Waals surface area contributed by atoms with E-state index >= 15 is 0 Å². The molecule has 0 heterocycles. The molecule has 3 nitrogen and oxygen atoms in total. The van der Waals surface area contributed by atoms with E-state index in [2.05, 4.69) is 0 Å². The maximum atomic E-state index is 12.2. The Morgan fingerprint density at radius 1 is 1.00 bits per heavy atom. The molecule has 1 aromatic rings. The molecule has 88 valence electrons. The first-order chi connectivity index (χ1) is 8.20. The van der Waals surface area contributed by atoms with Crippen LogP contribution in [0.25, 0.3) is 0 Å². The third-order valence-corrected chi connectivity index (χ3v) is 3.13. The molecule has 0 fully saturated rings. The Kier molecular flexibility index (Phi) is 3.38. The molecule has 0 amide bonds. The molecule has 17 heavy (non-hydrogen) atoms. The van der Waals surface area contributed by atoms with Gasteiger partial charge in [-0.25, -0.2) is 0 Å². The van der Waals surface area contributed by atoms with Gasteiger partial charge in [0.2, 0.25) is 0 Å². The third kappa shape index (κ3) is 2.44. The number of Topliss-reactive ketones (excluding diaryl/α,β-unsaturated/α-hetero) is 1. The highest BCUT2D eigenvalue weighted by Crippen LogP contribution is 2.28. The maximum absolute atomic E-state index is 12.2. The van der Waals surface area contributed by atoms with Crippen molar-refractivity contribution in [2.45, 2.75) is 12.8 Å². The van der Waals surface area contributed by atoms with E-state index in [1.165, 1.54) is 0 Å². The Balaban J connectivity index is 2.24. The summed E-state index contributed by atoms with van der Waals surface area (Å²) in [5, 5.41) is 11.0. The molecule has 0 aromatic heterocycles. The summed E-state index contributed by atoms with van der Waals surface area (Å²) in [6.45, 7) is 0. The predicted octanol–water partition coefficient (Wildman–Crippen LogP) is 1.20. The van der Waals surface area contributed by atoms with Crippen LogP contribution in [0.1, 0.15) is 23.2 Å². The quantitative estimate of drug-likeness (QED) is 0.578. The number of hydrogen-bond acceptors (Lipinski definition) is 3. The van der Waals surface area contributed by atoms with Crippen LogP contribution in [0.3, 0.4) is 0 Å². The monoisotopic (exact) mass is 229 g/mol. The molecule has 0 N–H and O–H groups in total. The molecule has 2 rings (SSSR count). The highest BCUT2D eigenvalue weighted by molar-refractivity contribution is 6.00. The lowest BCUT2D eigenvalue weighted by Gasteiger charge is -2.28. The summed E-state index contributed by atoms with van der Waals surface area (Å²) in [6, 6.07) is 8.81. The molecule has 3 heteroatoms. The maximum Gasteiger partial charge on any atom is 0.166 e. The molecule has 0 unspecified atom stereocenters. The van der Waals surface area contributed by atoms with E-state index in [1.807, 2.05) is 12.1 Å². The number of benzene rings is 1. The van der Waals surface area contributed by atoms with Crippen molar-refractivity contribution in [3.05, 3.63) is 48.0 Å². The number of carboxylic acid groups (broad SMARTS) is 1. The van der Waals surface area contributed by atoms with Gasteiger partial charge < -0.3 is 9.90 Å². The normalized spacial score (nSPS) is 23.3. The van der Waals surface area contributed by atoms with Crippen LogP contribution in [0.2, 0.25) is 0 Å². The highest BCUT2D eigenvalue weighted by Gasteiger charge is 2.30. The SMILES string of the molecule is O=C([O-])[C@@H]1CC=CC[C@H]1C(=O)c1ccccc1. The number of carboxylic acids is 1. The molecule has 1 aliphatic rings. The van der Waals surface area contributed by atoms with Gasteiger partial charge in [0.1, 0.15) is 0 Å². The summed E-state index contributed by atoms with van der Waals surface area (Å²) in [5.74, 6) is -2.44. The molecular formula is C14H13O3-. The Bertz CT molecular complexity index is 448. The van der Waals surface area contributed by atoms with Crippen molar-refractivity contribution in [2.75, 3.05) is 0 Å². The molecule has 0 spiro atoms. The number of carbonyl (C=O) groups excluding carboxylic acids is 2. The van der Waals surface area contributed by atoms with Crippen LogP contribution < -0.4 is 5.11 Å². The lowest BCUT2D eigenvalue weighted by molar-refractivity contribution is -0.312. The fraction of sp³-hybridized carbons (Fsp3) is 0.286. The van der Waals surface area contributed by atoms with E-state index < -0.39 is 17.8 Å². The van der Waals surface area contributed by atoms with Crippen molar-refractivity contribution < 1.29 is 14.7 Å². The summed E-state index contributed by atoms with van der Waals surface area (Å²) >= 11 is 0. The largest absolute Gasteiger partial charge is 0.550 e. The van der Waals surface area contributed by atoms with Crippen LogP contribution in [-0.2, 0) is 4.79 Å². The minimum absolute atomic E-state index is 0.107. The van der Waals surface area contributed by atoms with Gasteiger partial charge in [-0.1, -0.05) is 42.5 Å². The van der Waals surface area contributed by atoms with Gasteiger partial charge in [0.25, 0.3) is 0 Å². The van der Waals surface area contributed by atoms with E-state index in [1.54, 1.807) is 30.3 Å². The fourth-order valence-electron chi connectivity index (χ4n) is 2.18. The van der Waals surface area contributed by atoms with Crippen LogP contribution in [-0.4, -0.2) is 11.8 Å². The van der Waals surface area contributed by atoms with E-state index in [9.17, 15) is 14.7 Å². The zero-order chi connectivity index (χ0) is 12.3. The zero-order valence-corrected chi connectivity index (χ0v) is 9.34. The number of aliphatic carboxylic acids is 1. The lowest BCUT2D eigenvalue weighted by atomic mass is 9.78. The Labute approximate surface area is 99.8 Å². The molecule has 0 saturated heterocycles. The second kappa shape index (κ2) is 4.95. The first-order valence-corrected chi connectivity index (χ1v) is 5.65. The predicted molar refractivity (Wildman–Crippen MR) is 61.1 cm³/mol. The second-order valence-corrected chi connectivity index (χ2v) is 4.21. The minimum atomic E-state index is -1.14. The van der Waals surface area contributed by atoms with Gasteiger partial charge in [-0.05, 0) is 12.8 Å². The number of rotatable bonds is 3. The van der Waals surface area contributed by atoms with Gasteiger partial charge in [-0.2, -0.15) is 0 Å². The Hall–Kier alpha value is -1.90. The van der Waals surface area contributed by atoms with E-state index in [0.29, 0.717) is 18.4 Å².